The lowest BCUT2D eigenvalue weighted by atomic mass is 10.2. The maximum atomic E-state index is 4.48. The molecule has 0 aliphatic rings. The first-order chi connectivity index (χ1) is 7.22. The molecule has 86 valence electrons. The van der Waals surface area contributed by atoms with Crippen LogP contribution in [0.15, 0.2) is 6.20 Å². The number of rotatable bonds is 6. The van der Waals surface area contributed by atoms with Gasteiger partial charge in [-0.25, -0.2) is 4.98 Å². The van der Waals surface area contributed by atoms with Crippen LogP contribution in [0.25, 0.3) is 0 Å². The minimum absolute atomic E-state index is 0.573. The van der Waals surface area contributed by atoms with Gasteiger partial charge in [0.2, 0.25) is 0 Å². The van der Waals surface area contributed by atoms with E-state index in [0.717, 1.165) is 24.6 Å². The number of nitrogens with zero attached hydrogens (tertiary/aromatic N) is 2. The molecule has 3 nitrogen and oxygen atoms in total. The van der Waals surface area contributed by atoms with E-state index in [0.29, 0.717) is 6.04 Å². The van der Waals surface area contributed by atoms with Crippen molar-refractivity contribution < 1.29 is 0 Å². The average molecular weight is 227 g/mol. The van der Waals surface area contributed by atoms with Crippen LogP contribution in [0.3, 0.4) is 0 Å². The molecule has 0 aliphatic carbocycles. The summed E-state index contributed by atoms with van der Waals surface area (Å²) in [6.07, 6.45) is 3.14. The zero-order chi connectivity index (χ0) is 11.3. The molecule has 0 saturated heterocycles. The minimum atomic E-state index is 0.573. The van der Waals surface area contributed by atoms with E-state index in [1.807, 2.05) is 13.2 Å². The summed E-state index contributed by atoms with van der Waals surface area (Å²) in [4.78, 5) is 8.14. The van der Waals surface area contributed by atoms with Crippen molar-refractivity contribution in [1.82, 2.24) is 10.3 Å². The highest BCUT2D eigenvalue weighted by Crippen LogP contribution is 2.24. The number of thiazole rings is 1. The van der Waals surface area contributed by atoms with Crippen molar-refractivity contribution in [3.05, 3.63) is 11.1 Å². The van der Waals surface area contributed by atoms with Gasteiger partial charge < -0.3 is 10.2 Å². The summed E-state index contributed by atoms with van der Waals surface area (Å²) in [5, 5.41) is 4.30. The van der Waals surface area contributed by atoms with Crippen molar-refractivity contribution in [3.8, 4) is 0 Å². The highest BCUT2D eigenvalue weighted by Gasteiger charge is 2.14. The van der Waals surface area contributed by atoms with Gasteiger partial charge in [-0.3, -0.25) is 0 Å². The summed E-state index contributed by atoms with van der Waals surface area (Å²) >= 11 is 1.79. The van der Waals surface area contributed by atoms with Crippen molar-refractivity contribution in [2.45, 2.75) is 39.8 Å². The highest BCUT2D eigenvalue weighted by atomic mass is 32.1. The fraction of sp³-hybridized carbons (Fsp3) is 0.727. The molecule has 1 aromatic rings. The molecule has 0 radical (unpaired) electrons. The quantitative estimate of drug-likeness (QED) is 0.809. The van der Waals surface area contributed by atoms with E-state index in [9.17, 15) is 0 Å². The summed E-state index contributed by atoms with van der Waals surface area (Å²) in [5.41, 5.74) is 0. The third-order valence-corrected chi connectivity index (χ3v) is 3.64. The second kappa shape index (κ2) is 6.08. The van der Waals surface area contributed by atoms with Crippen molar-refractivity contribution >= 4 is 16.5 Å². The molecule has 0 bridgehead atoms. The predicted molar refractivity (Wildman–Crippen MR) is 67.7 cm³/mol. The molecular weight excluding hydrogens is 206 g/mol. The van der Waals surface area contributed by atoms with Crippen LogP contribution < -0.4 is 10.2 Å². The maximum Gasteiger partial charge on any atom is 0.185 e. The third kappa shape index (κ3) is 3.18. The van der Waals surface area contributed by atoms with Gasteiger partial charge in [0.1, 0.15) is 0 Å². The molecule has 0 spiro atoms. The van der Waals surface area contributed by atoms with Gasteiger partial charge in [0, 0.05) is 30.2 Å². The Bertz CT molecular complexity index is 285. The fourth-order valence-electron chi connectivity index (χ4n) is 1.54. The van der Waals surface area contributed by atoms with Crippen molar-refractivity contribution in [3.63, 3.8) is 0 Å². The van der Waals surface area contributed by atoms with E-state index < -0.39 is 0 Å². The minimum Gasteiger partial charge on any atom is -0.346 e. The normalized spacial score (nSPS) is 12.8. The number of aromatic nitrogens is 1. The van der Waals surface area contributed by atoms with E-state index in [1.165, 1.54) is 4.88 Å². The zero-order valence-electron chi connectivity index (χ0n) is 10.1. The van der Waals surface area contributed by atoms with Crippen molar-refractivity contribution in [2.75, 3.05) is 18.5 Å². The molecule has 0 aliphatic heterocycles. The Morgan fingerprint density at radius 2 is 2.27 bits per heavy atom. The van der Waals surface area contributed by atoms with E-state index >= 15 is 0 Å². The Kier molecular flexibility index (Phi) is 5.05. The molecule has 1 rings (SSSR count). The van der Waals surface area contributed by atoms with Crippen molar-refractivity contribution in [2.24, 2.45) is 0 Å². The Hall–Kier alpha value is -0.610. The van der Waals surface area contributed by atoms with E-state index in [-0.39, 0.29) is 0 Å². The van der Waals surface area contributed by atoms with Gasteiger partial charge in [-0.1, -0.05) is 6.92 Å². The summed E-state index contributed by atoms with van der Waals surface area (Å²) in [6, 6.07) is 0.573. The van der Waals surface area contributed by atoms with Gasteiger partial charge in [-0.05, 0) is 27.3 Å². The lowest BCUT2D eigenvalue weighted by molar-refractivity contribution is 0.628. The zero-order valence-corrected chi connectivity index (χ0v) is 10.9. The lowest BCUT2D eigenvalue weighted by Crippen LogP contribution is -2.32. The van der Waals surface area contributed by atoms with Gasteiger partial charge in [-0.15, -0.1) is 11.3 Å². The number of hydrogen-bond acceptors (Lipinski definition) is 4. The molecule has 0 fully saturated rings. The van der Waals surface area contributed by atoms with E-state index in [2.05, 4.69) is 36.0 Å². The van der Waals surface area contributed by atoms with Crippen LogP contribution in [0.4, 0.5) is 5.13 Å². The molecule has 0 saturated carbocycles. The second-order valence-electron chi connectivity index (χ2n) is 3.68. The monoisotopic (exact) mass is 227 g/mol. The molecule has 1 aromatic heterocycles. The Balaban J connectivity index is 2.73. The van der Waals surface area contributed by atoms with E-state index in [1.54, 1.807) is 11.3 Å². The Morgan fingerprint density at radius 3 is 2.80 bits per heavy atom. The van der Waals surface area contributed by atoms with Gasteiger partial charge in [0.05, 0.1) is 0 Å². The molecule has 15 heavy (non-hydrogen) atoms. The first kappa shape index (κ1) is 12.5. The van der Waals surface area contributed by atoms with Gasteiger partial charge in [0.25, 0.3) is 0 Å². The maximum absolute atomic E-state index is 4.48. The fourth-order valence-corrected chi connectivity index (χ4v) is 2.63. The SMILES string of the molecule is CCC(C)N(CC)c1ncc(CNC)s1. The topological polar surface area (TPSA) is 28.2 Å². The molecule has 4 heteroatoms. The first-order valence-electron chi connectivity index (χ1n) is 5.58. The summed E-state index contributed by atoms with van der Waals surface area (Å²) in [6.45, 7) is 8.60. The predicted octanol–water partition coefficient (Wildman–Crippen LogP) is 2.49. The van der Waals surface area contributed by atoms with E-state index in [4.69, 9.17) is 0 Å². The van der Waals surface area contributed by atoms with Crippen LogP contribution in [-0.4, -0.2) is 24.6 Å². The average Bonchev–Trinajstić information content (AvgIpc) is 2.68. The summed E-state index contributed by atoms with van der Waals surface area (Å²) in [5.74, 6) is 0. The number of nitrogens with one attached hydrogen (secondary N) is 1. The largest absolute Gasteiger partial charge is 0.346 e. The van der Waals surface area contributed by atoms with Crippen LogP contribution in [0, 0.1) is 0 Å². The standard InChI is InChI=1S/C11H21N3S/c1-5-9(3)14(6-2)11-13-8-10(15-11)7-12-4/h8-9,12H,5-7H2,1-4H3. The third-order valence-electron chi connectivity index (χ3n) is 2.60. The molecule has 1 N–H and O–H groups in total. The molecule has 1 heterocycles. The molecule has 1 atom stereocenters. The van der Waals surface area contributed by atoms with Gasteiger partial charge in [0.15, 0.2) is 5.13 Å². The number of hydrogen-bond donors (Lipinski definition) is 1. The van der Waals surface area contributed by atoms with Crippen LogP contribution in [0.2, 0.25) is 0 Å². The van der Waals surface area contributed by atoms with Gasteiger partial charge >= 0.3 is 0 Å². The summed E-state index contributed by atoms with van der Waals surface area (Å²) in [7, 11) is 1.96. The van der Waals surface area contributed by atoms with Crippen molar-refractivity contribution in [1.29, 1.82) is 0 Å². The van der Waals surface area contributed by atoms with Crippen LogP contribution in [0.5, 0.6) is 0 Å². The molecular formula is C11H21N3S. The first-order valence-corrected chi connectivity index (χ1v) is 6.40. The van der Waals surface area contributed by atoms with Crippen LogP contribution >= 0.6 is 11.3 Å². The second-order valence-corrected chi connectivity index (χ2v) is 4.78. The molecule has 1 unspecified atom stereocenters. The summed E-state index contributed by atoms with van der Waals surface area (Å²) < 4.78 is 0. The Labute approximate surface area is 96.5 Å². The molecule has 0 aromatic carbocycles. The van der Waals surface area contributed by atoms with Gasteiger partial charge in [-0.2, -0.15) is 0 Å². The smallest absolute Gasteiger partial charge is 0.185 e. The molecule has 0 amide bonds. The number of anilines is 1. The van der Waals surface area contributed by atoms with Crippen LogP contribution in [0.1, 0.15) is 32.1 Å². The lowest BCUT2D eigenvalue weighted by Gasteiger charge is -2.26. The Morgan fingerprint density at radius 1 is 1.53 bits per heavy atom. The highest BCUT2D eigenvalue weighted by molar-refractivity contribution is 7.15. The van der Waals surface area contributed by atoms with Crippen LogP contribution in [-0.2, 0) is 6.54 Å².